The standard InChI is InChI=1S/C55H88N14O18/c56-43(57)10-2-1-7-36-28-42(71)38(64-54(86)40(27-35-11-13-37(70)14-12-35)65-55(87)41(29-48(76)77)63-46(74)30-61-53(36)85)8-3-5-17-59-44(72)15-16-45(73)62-39(52(58)84)9-4-6-18-60-47(75)31-66-19-21-67(32-49(78)79)23-25-69(34-51(82)83)26-24-68(22-20-66)33-50(80)81/h11-14,36,38-41,47,60,70,75H,1-10,15-34H2,(H3,56,57)(H2,58,84)(H,59,72)(H,61,85)(H,62,73)(H,63,74)(H,64,86)(H,65,87)(H,76,77)(H,78,79)(H,80,81)(H,82,83)/t36-,38+,39+,40?,41+,47?/m1/s1. The van der Waals surface area contributed by atoms with E-state index in [1.807, 2.05) is 4.90 Å². The number of β-amino-alcohol motifs (C(OH)–C–C–N with tert-alkyl or cyclic N) is 1. The van der Waals surface area contributed by atoms with E-state index in [2.05, 4.69) is 37.2 Å². The highest BCUT2D eigenvalue weighted by molar-refractivity contribution is 5.98. The van der Waals surface area contributed by atoms with E-state index in [0.29, 0.717) is 44.3 Å². The number of rotatable bonds is 33. The number of carbonyl (C=O) groups excluding carboxylic acids is 8. The molecule has 2 fully saturated rings. The Labute approximate surface area is 503 Å². The van der Waals surface area contributed by atoms with Crippen LogP contribution >= 0.6 is 0 Å². The van der Waals surface area contributed by atoms with Gasteiger partial charge in [-0.1, -0.05) is 18.6 Å². The second-order valence-corrected chi connectivity index (χ2v) is 21.7. The van der Waals surface area contributed by atoms with E-state index in [0.717, 1.165) is 0 Å². The predicted octanol–water partition coefficient (Wildman–Crippen LogP) is -4.34. The van der Waals surface area contributed by atoms with Gasteiger partial charge in [0.05, 0.1) is 44.5 Å². The number of benzene rings is 1. The number of aliphatic carboxylic acids is 4. The molecule has 2 saturated heterocycles. The summed E-state index contributed by atoms with van der Waals surface area (Å²) in [5.41, 5.74) is 11.5. The van der Waals surface area contributed by atoms with Gasteiger partial charge in [-0.3, -0.25) is 87.9 Å². The van der Waals surface area contributed by atoms with Crippen LogP contribution in [0.1, 0.15) is 95.5 Å². The number of ketones is 1. The Morgan fingerprint density at radius 2 is 1.14 bits per heavy atom. The minimum absolute atomic E-state index is 0.0139. The molecule has 32 nitrogen and oxygen atoms in total. The Kier molecular flexibility index (Phi) is 33.5. The SMILES string of the molecule is N=C(N)CCCC[C@@H]1CC(=O)[C@H](CCCCNC(=O)CCC(=O)N[C@@H](CCCCNC(O)CN2CCN(CC(=O)O)CCN(CC(=O)O)CCN(CC(=O)O)CC2)C(N)=O)NC(=O)C(Cc2ccc(O)cc2)NC(=O)[C@H](CC(=O)O)NC(=O)CNC1=O. The highest BCUT2D eigenvalue weighted by Gasteiger charge is 2.34. The molecule has 1 aromatic carbocycles. The van der Waals surface area contributed by atoms with Crippen LogP contribution in [0.15, 0.2) is 24.3 Å². The van der Waals surface area contributed by atoms with E-state index in [1.54, 1.807) is 14.7 Å². The number of unbranched alkanes of at least 4 members (excludes halogenated alkanes) is 3. The number of carboxylic acids is 4. The molecule has 2 aliphatic heterocycles. The number of amides is 7. The number of Topliss-reactive ketones (excluding diaryl/α,β-unsaturated/α-hetero) is 1. The highest BCUT2D eigenvalue weighted by Crippen LogP contribution is 2.19. The lowest BCUT2D eigenvalue weighted by molar-refractivity contribution is -0.141. The number of hydrogen-bond donors (Lipinski definition) is 16. The molecule has 0 bridgehead atoms. The van der Waals surface area contributed by atoms with Gasteiger partial charge in [-0.15, -0.1) is 0 Å². The molecule has 2 aliphatic rings. The summed E-state index contributed by atoms with van der Waals surface area (Å²) in [6, 6.07) is 0.205. The van der Waals surface area contributed by atoms with E-state index < -0.39 is 127 Å². The lowest BCUT2D eigenvalue weighted by Crippen LogP contribution is -2.57. The number of aliphatic hydroxyl groups excluding tert-OH is 1. The van der Waals surface area contributed by atoms with Crippen molar-refractivity contribution in [1.29, 1.82) is 5.41 Å². The monoisotopic (exact) mass is 1230 g/mol. The van der Waals surface area contributed by atoms with Crippen molar-refractivity contribution in [2.24, 2.45) is 17.4 Å². The topological polar surface area (TPSA) is 499 Å². The lowest BCUT2D eigenvalue weighted by Gasteiger charge is -2.33. The van der Waals surface area contributed by atoms with Crippen LogP contribution in [-0.2, 0) is 64.0 Å². The molecule has 6 atom stereocenters. The van der Waals surface area contributed by atoms with Gasteiger partial charge in [0.25, 0.3) is 0 Å². The van der Waals surface area contributed by atoms with Crippen molar-refractivity contribution in [3.05, 3.63) is 29.8 Å². The first-order valence-electron chi connectivity index (χ1n) is 29.1. The first-order chi connectivity index (χ1) is 41.3. The van der Waals surface area contributed by atoms with Gasteiger partial charge in [0.2, 0.25) is 41.4 Å². The molecule has 1 aromatic rings. The predicted molar refractivity (Wildman–Crippen MR) is 310 cm³/mol. The van der Waals surface area contributed by atoms with Gasteiger partial charge >= 0.3 is 23.9 Å². The molecular formula is C55H88N14O18. The Balaban J connectivity index is 1.56. The maximum Gasteiger partial charge on any atom is 0.317 e. The molecule has 2 unspecified atom stereocenters. The zero-order valence-corrected chi connectivity index (χ0v) is 49.0. The van der Waals surface area contributed by atoms with Crippen molar-refractivity contribution in [3.8, 4) is 5.75 Å². The van der Waals surface area contributed by atoms with E-state index in [-0.39, 0.29) is 148 Å². The van der Waals surface area contributed by atoms with Crippen molar-refractivity contribution in [2.75, 3.05) is 98.2 Å². The fourth-order valence-electron chi connectivity index (χ4n) is 9.72. The van der Waals surface area contributed by atoms with Crippen LogP contribution in [0.25, 0.3) is 0 Å². The normalized spacial score (nSPS) is 20.3. The summed E-state index contributed by atoms with van der Waals surface area (Å²) in [5, 5.41) is 84.5. The van der Waals surface area contributed by atoms with Crippen molar-refractivity contribution < 1.29 is 88.2 Å². The molecule has 3 rings (SSSR count). The van der Waals surface area contributed by atoms with Crippen LogP contribution in [0.5, 0.6) is 5.75 Å². The molecule has 32 heteroatoms. The first-order valence-corrected chi connectivity index (χ1v) is 29.1. The number of nitrogens with zero attached hydrogens (tertiary/aromatic N) is 4. The molecule has 87 heavy (non-hydrogen) atoms. The van der Waals surface area contributed by atoms with Gasteiger partial charge in [-0.25, -0.2) is 0 Å². The van der Waals surface area contributed by atoms with Gasteiger partial charge in [-0.2, -0.15) is 0 Å². The van der Waals surface area contributed by atoms with Gasteiger partial charge in [0.15, 0.2) is 5.78 Å². The molecule has 2 heterocycles. The number of nitrogens with two attached hydrogens (primary N) is 2. The van der Waals surface area contributed by atoms with Crippen LogP contribution < -0.4 is 48.7 Å². The number of carboxylic acid groups (broad SMARTS) is 4. The van der Waals surface area contributed by atoms with Crippen LogP contribution in [0.4, 0.5) is 0 Å². The lowest BCUT2D eigenvalue weighted by atomic mass is 9.90. The molecule has 18 N–H and O–H groups in total. The van der Waals surface area contributed by atoms with Crippen molar-refractivity contribution >= 4 is 76.8 Å². The molecule has 486 valence electrons. The fourth-order valence-corrected chi connectivity index (χ4v) is 9.72. The van der Waals surface area contributed by atoms with E-state index in [9.17, 15) is 88.2 Å². The number of primary amides is 1. The van der Waals surface area contributed by atoms with Crippen molar-refractivity contribution in [3.63, 3.8) is 0 Å². The quantitative estimate of drug-likeness (QED) is 0.0137. The second-order valence-electron chi connectivity index (χ2n) is 21.7. The van der Waals surface area contributed by atoms with Gasteiger partial charge in [-0.05, 0) is 75.6 Å². The second kappa shape index (κ2) is 39.7. The first kappa shape index (κ1) is 73.3. The molecule has 0 aromatic heterocycles. The molecule has 7 amide bonds. The number of carbonyl (C=O) groups is 12. The molecular weight excluding hydrogens is 1140 g/mol. The third-order valence-electron chi connectivity index (χ3n) is 14.5. The molecule has 0 saturated carbocycles. The van der Waals surface area contributed by atoms with Crippen LogP contribution in [0.2, 0.25) is 0 Å². The van der Waals surface area contributed by atoms with E-state index >= 15 is 0 Å². The highest BCUT2D eigenvalue weighted by atomic mass is 16.4. The zero-order chi connectivity index (χ0) is 64.4. The minimum atomic E-state index is -1.68. The van der Waals surface area contributed by atoms with Gasteiger partial charge in [0, 0.05) is 103 Å². The number of nitrogens with one attached hydrogen (secondary N) is 8. The smallest absolute Gasteiger partial charge is 0.317 e. The summed E-state index contributed by atoms with van der Waals surface area (Å²) in [7, 11) is 0. The number of aliphatic hydroxyl groups is 1. The Morgan fingerprint density at radius 3 is 1.69 bits per heavy atom. The number of amidine groups is 1. The minimum Gasteiger partial charge on any atom is -0.508 e. The maximum absolute atomic E-state index is 14.1. The number of hydrogen-bond acceptors (Lipinski definition) is 20. The summed E-state index contributed by atoms with van der Waals surface area (Å²) in [4.78, 5) is 160. The summed E-state index contributed by atoms with van der Waals surface area (Å²) in [5.74, 6) is -11.9. The van der Waals surface area contributed by atoms with Crippen LogP contribution in [0, 0.1) is 11.3 Å². The zero-order valence-electron chi connectivity index (χ0n) is 49.0. The average Bonchev–Trinajstić information content (AvgIpc) is 3.69. The number of phenolic OH excluding ortho intramolecular Hbond substituents is 1. The Morgan fingerprint density at radius 1 is 0.609 bits per heavy atom. The molecule has 0 spiro atoms. The van der Waals surface area contributed by atoms with E-state index in [1.165, 1.54) is 24.3 Å². The summed E-state index contributed by atoms with van der Waals surface area (Å²) < 4.78 is 0. The number of aromatic hydroxyl groups is 1. The van der Waals surface area contributed by atoms with Gasteiger partial charge < -0.3 is 74.0 Å². The number of phenols is 1. The summed E-state index contributed by atoms with van der Waals surface area (Å²) in [6.45, 7) is 0.985. The third-order valence-corrected chi connectivity index (χ3v) is 14.5. The van der Waals surface area contributed by atoms with Crippen molar-refractivity contribution in [2.45, 2.75) is 127 Å². The van der Waals surface area contributed by atoms with Crippen LogP contribution in [-0.4, -0.2) is 256 Å². The van der Waals surface area contributed by atoms with E-state index in [4.69, 9.17) is 16.9 Å². The fraction of sp³-hybridized carbons (Fsp3) is 0.655. The van der Waals surface area contributed by atoms with Gasteiger partial charge in [0.1, 0.15) is 30.1 Å². The maximum atomic E-state index is 14.1. The Bertz CT molecular complexity index is 2460. The Hall–Kier alpha value is -7.91. The van der Waals surface area contributed by atoms with Crippen molar-refractivity contribution in [1.82, 2.24) is 56.8 Å². The summed E-state index contributed by atoms with van der Waals surface area (Å²) in [6.07, 6.45) is -0.588. The average molecular weight is 1230 g/mol. The molecule has 0 aliphatic carbocycles. The third kappa shape index (κ3) is 31.9. The summed E-state index contributed by atoms with van der Waals surface area (Å²) >= 11 is 0. The molecule has 0 radical (unpaired) electrons. The van der Waals surface area contributed by atoms with Crippen LogP contribution in [0.3, 0.4) is 0 Å². The largest absolute Gasteiger partial charge is 0.508 e.